The van der Waals surface area contributed by atoms with Gasteiger partial charge in [-0.15, -0.1) is 0 Å². The summed E-state index contributed by atoms with van der Waals surface area (Å²) in [6.07, 6.45) is 0. The molecule has 1 aromatic carbocycles. The zero-order valence-corrected chi connectivity index (χ0v) is 10.1. The van der Waals surface area contributed by atoms with Crippen LogP contribution in [0.15, 0.2) is 18.2 Å². The largest absolute Gasteiger partial charge is 0.496 e. The van der Waals surface area contributed by atoms with Crippen LogP contribution < -0.4 is 4.74 Å². The topological polar surface area (TPSA) is 25.0 Å². The number of hydrogen-bond donors (Lipinski definition) is 1. The second-order valence-electron chi connectivity index (χ2n) is 3.36. The fourth-order valence-corrected chi connectivity index (χ4v) is 1.64. The lowest BCUT2D eigenvalue weighted by molar-refractivity contribution is 0.412. The average Bonchev–Trinajstić information content (AvgIpc) is 2.59. The molecule has 1 N–H and O–H groups in total. The first kappa shape index (κ1) is 11.6. The second kappa shape index (κ2) is 4.87. The Morgan fingerprint density at radius 3 is 2.33 bits per heavy atom. The molecule has 82 valence electrons. The van der Waals surface area contributed by atoms with E-state index in [4.69, 9.17) is 4.74 Å². The van der Waals surface area contributed by atoms with Gasteiger partial charge in [0.1, 0.15) is 5.75 Å². The van der Waals surface area contributed by atoms with E-state index in [2.05, 4.69) is 31.0 Å². The lowest BCUT2D eigenvalue weighted by atomic mass is 10.1. The van der Waals surface area contributed by atoms with E-state index >= 15 is 0 Å². The van der Waals surface area contributed by atoms with Crippen LogP contribution in [-0.4, -0.2) is 12.1 Å². The predicted octanol–water partition coefficient (Wildman–Crippen LogP) is 3.82. The molecule has 0 atom stereocenters. The summed E-state index contributed by atoms with van der Waals surface area (Å²) in [5.41, 5.74) is 3.50. The fourth-order valence-electron chi connectivity index (χ4n) is 1.64. The van der Waals surface area contributed by atoms with E-state index in [1.807, 2.05) is 19.9 Å². The number of methoxy groups -OCH3 is 1. The Morgan fingerprint density at radius 1 is 1.07 bits per heavy atom. The fraction of sp³-hybridized carbons (Fsp3) is 0.385. The molecule has 2 heteroatoms. The van der Waals surface area contributed by atoms with Crippen molar-refractivity contribution in [2.24, 2.45) is 0 Å². The molecule has 15 heavy (non-hydrogen) atoms. The van der Waals surface area contributed by atoms with Gasteiger partial charge in [0.15, 0.2) is 0 Å². The van der Waals surface area contributed by atoms with Crippen molar-refractivity contribution in [2.45, 2.75) is 27.7 Å². The Morgan fingerprint density at radius 2 is 1.73 bits per heavy atom. The van der Waals surface area contributed by atoms with Gasteiger partial charge in [-0.2, -0.15) is 0 Å². The smallest absolute Gasteiger partial charge is 0.123 e. The van der Waals surface area contributed by atoms with Gasteiger partial charge in [0.05, 0.1) is 7.11 Å². The first-order valence-corrected chi connectivity index (χ1v) is 5.34. The molecule has 2 aromatic rings. The van der Waals surface area contributed by atoms with Gasteiger partial charge in [0.2, 0.25) is 0 Å². The highest BCUT2D eigenvalue weighted by atomic mass is 16.5. The second-order valence-corrected chi connectivity index (χ2v) is 3.36. The van der Waals surface area contributed by atoms with E-state index in [0.717, 1.165) is 11.3 Å². The Balaban J connectivity index is 0.000000531. The minimum Gasteiger partial charge on any atom is -0.496 e. The van der Waals surface area contributed by atoms with Gasteiger partial charge >= 0.3 is 0 Å². The van der Waals surface area contributed by atoms with Crippen LogP contribution in [-0.2, 0) is 0 Å². The minimum atomic E-state index is 0.939. The third kappa shape index (κ3) is 2.32. The number of H-pyrrole nitrogens is 1. The van der Waals surface area contributed by atoms with Gasteiger partial charge in [-0.25, -0.2) is 0 Å². The number of aromatic nitrogens is 1. The number of fused-ring (bicyclic) bond motifs is 1. The summed E-state index contributed by atoms with van der Waals surface area (Å²) in [6, 6.07) is 6.32. The molecule has 0 aliphatic carbocycles. The van der Waals surface area contributed by atoms with E-state index in [9.17, 15) is 0 Å². The maximum atomic E-state index is 5.24. The number of aromatic amines is 1. The molecular weight excluding hydrogens is 186 g/mol. The molecule has 2 rings (SSSR count). The van der Waals surface area contributed by atoms with Crippen molar-refractivity contribution in [1.29, 1.82) is 0 Å². The quantitative estimate of drug-likeness (QED) is 0.752. The molecule has 0 aliphatic rings. The number of aryl methyl sites for hydroxylation is 2. The Labute approximate surface area is 91.3 Å². The molecule has 1 heterocycles. The number of rotatable bonds is 1. The minimum absolute atomic E-state index is 0.939. The highest BCUT2D eigenvalue weighted by molar-refractivity contribution is 5.83. The Hall–Kier alpha value is -1.44. The zero-order valence-electron chi connectivity index (χ0n) is 10.1. The van der Waals surface area contributed by atoms with E-state index in [1.54, 1.807) is 7.11 Å². The zero-order chi connectivity index (χ0) is 11.4. The molecule has 0 fully saturated rings. The monoisotopic (exact) mass is 205 g/mol. The predicted molar refractivity (Wildman–Crippen MR) is 65.7 cm³/mol. The highest BCUT2D eigenvalue weighted by Crippen LogP contribution is 2.25. The van der Waals surface area contributed by atoms with Crippen LogP contribution in [0.5, 0.6) is 5.75 Å². The number of hydrogen-bond acceptors (Lipinski definition) is 1. The van der Waals surface area contributed by atoms with Crippen molar-refractivity contribution in [3.63, 3.8) is 0 Å². The number of ether oxygens (including phenoxy) is 1. The van der Waals surface area contributed by atoms with Crippen LogP contribution in [0.1, 0.15) is 25.1 Å². The average molecular weight is 205 g/mol. The van der Waals surface area contributed by atoms with E-state index in [-0.39, 0.29) is 0 Å². The molecule has 0 unspecified atom stereocenters. The summed E-state index contributed by atoms with van der Waals surface area (Å²) in [6.45, 7) is 8.11. The van der Waals surface area contributed by atoms with Crippen LogP contribution in [0.25, 0.3) is 10.9 Å². The lowest BCUT2D eigenvalue weighted by Crippen LogP contribution is -1.86. The maximum Gasteiger partial charge on any atom is 0.123 e. The first-order chi connectivity index (χ1) is 7.20. The molecule has 1 aromatic heterocycles. The van der Waals surface area contributed by atoms with Crippen LogP contribution in [0.2, 0.25) is 0 Å². The molecule has 0 radical (unpaired) electrons. The van der Waals surface area contributed by atoms with Crippen LogP contribution in [0.3, 0.4) is 0 Å². The van der Waals surface area contributed by atoms with Crippen LogP contribution in [0.4, 0.5) is 0 Å². The Kier molecular flexibility index (Phi) is 3.78. The molecular formula is C13H19NO. The third-order valence-electron chi connectivity index (χ3n) is 2.27. The van der Waals surface area contributed by atoms with Gasteiger partial charge in [-0.3, -0.25) is 0 Å². The molecule has 0 bridgehead atoms. The molecule has 0 saturated heterocycles. The molecule has 2 nitrogen and oxygen atoms in total. The van der Waals surface area contributed by atoms with E-state index in [0.29, 0.717) is 0 Å². The van der Waals surface area contributed by atoms with Gasteiger partial charge < -0.3 is 9.72 Å². The standard InChI is InChI=1S/C11H13NO.C2H6/c1-7-4-9-5-8(2)12-10(9)6-11(7)13-3;1-2/h4-6,12H,1-3H3;1-2H3. The van der Waals surface area contributed by atoms with E-state index < -0.39 is 0 Å². The van der Waals surface area contributed by atoms with Crippen LogP contribution in [0, 0.1) is 13.8 Å². The summed E-state index contributed by atoms with van der Waals surface area (Å²) >= 11 is 0. The summed E-state index contributed by atoms with van der Waals surface area (Å²) in [4.78, 5) is 3.28. The van der Waals surface area contributed by atoms with Gasteiger partial charge in [0.25, 0.3) is 0 Å². The Bertz CT molecular complexity index is 443. The summed E-state index contributed by atoms with van der Waals surface area (Å²) in [5, 5.41) is 1.25. The summed E-state index contributed by atoms with van der Waals surface area (Å²) in [5.74, 6) is 0.939. The molecule has 0 aliphatic heterocycles. The normalized spacial score (nSPS) is 9.67. The van der Waals surface area contributed by atoms with Crippen LogP contribution >= 0.6 is 0 Å². The summed E-state index contributed by atoms with van der Waals surface area (Å²) < 4.78 is 5.24. The maximum absolute atomic E-state index is 5.24. The van der Waals surface area contributed by atoms with Gasteiger partial charge in [-0.1, -0.05) is 13.8 Å². The molecule has 0 spiro atoms. The lowest BCUT2D eigenvalue weighted by Gasteiger charge is -2.03. The van der Waals surface area contributed by atoms with Gasteiger partial charge in [-0.05, 0) is 31.5 Å². The van der Waals surface area contributed by atoms with E-state index in [1.165, 1.54) is 16.6 Å². The van der Waals surface area contributed by atoms with Crippen molar-refractivity contribution in [1.82, 2.24) is 4.98 Å². The van der Waals surface area contributed by atoms with Gasteiger partial charge in [0, 0.05) is 22.7 Å². The molecule has 0 amide bonds. The molecule has 0 saturated carbocycles. The first-order valence-electron chi connectivity index (χ1n) is 5.34. The summed E-state index contributed by atoms with van der Waals surface area (Å²) in [7, 11) is 1.70. The SMILES string of the molecule is CC.COc1cc2[nH]c(C)cc2cc1C. The van der Waals surface area contributed by atoms with Crippen molar-refractivity contribution in [2.75, 3.05) is 7.11 Å². The van der Waals surface area contributed by atoms with Crippen molar-refractivity contribution in [3.8, 4) is 5.75 Å². The van der Waals surface area contributed by atoms with Crippen molar-refractivity contribution in [3.05, 3.63) is 29.5 Å². The highest BCUT2D eigenvalue weighted by Gasteiger charge is 2.02. The number of benzene rings is 1. The van der Waals surface area contributed by atoms with Crippen molar-refractivity contribution >= 4 is 10.9 Å². The third-order valence-corrected chi connectivity index (χ3v) is 2.27. The van der Waals surface area contributed by atoms with Crippen molar-refractivity contribution < 1.29 is 4.74 Å². The number of nitrogens with one attached hydrogen (secondary N) is 1.